The highest BCUT2D eigenvalue weighted by Crippen LogP contribution is 2.20. The number of phenolic OH excluding ortho intramolecular Hbond substituents is 1. The molecule has 0 atom stereocenters. The molecule has 0 saturated heterocycles. The van der Waals surface area contributed by atoms with E-state index < -0.39 is 0 Å². The lowest BCUT2D eigenvalue weighted by molar-refractivity contribution is 0.180. The number of fused-ring (bicyclic) bond motifs is 1. The maximum absolute atomic E-state index is 9.31. The Hall–Kier alpha value is -2.40. The number of aromatic nitrogens is 2. The van der Waals surface area contributed by atoms with Gasteiger partial charge in [-0.15, -0.1) is 0 Å². The minimum absolute atomic E-state index is 0.239. The van der Waals surface area contributed by atoms with Gasteiger partial charge in [0.15, 0.2) is 0 Å². The van der Waals surface area contributed by atoms with Crippen LogP contribution >= 0.6 is 12.2 Å². The highest BCUT2D eigenvalue weighted by molar-refractivity contribution is 7.71. The monoisotopic (exact) mass is 272 g/mol. The summed E-state index contributed by atoms with van der Waals surface area (Å²) in [7, 11) is 0. The van der Waals surface area contributed by atoms with E-state index in [9.17, 15) is 5.11 Å². The minimum Gasteiger partial charge on any atom is -0.506 e. The fraction of sp³-hybridized carbons (Fsp3) is 0. The maximum Gasteiger partial charge on any atom is 0.142 e. The van der Waals surface area contributed by atoms with Crippen LogP contribution in [-0.4, -0.2) is 20.0 Å². The number of benzene rings is 1. The lowest BCUT2D eigenvalue weighted by Gasteiger charge is -1.96. The number of nitrogens with zero attached hydrogens (tertiary/aromatic N) is 2. The average Bonchev–Trinajstić information content (AvgIpc) is 2.44. The van der Waals surface area contributed by atoms with Crippen LogP contribution in [0.25, 0.3) is 10.9 Å². The zero-order chi connectivity index (χ0) is 13.7. The maximum atomic E-state index is 9.31. The second kappa shape index (κ2) is 5.97. The molecular weight excluding hydrogens is 260 g/mol. The van der Waals surface area contributed by atoms with Crippen molar-refractivity contribution < 1.29 is 10.3 Å². The molecule has 0 spiro atoms. The summed E-state index contributed by atoms with van der Waals surface area (Å²) >= 11 is 4.67. The lowest BCUT2D eigenvalue weighted by atomic mass is 10.2. The summed E-state index contributed by atoms with van der Waals surface area (Å²) in [6.45, 7) is 0. The van der Waals surface area contributed by atoms with Crippen molar-refractivity contribution in [3.05, 3.63) is 65.6 Å². The molecule has 0 aliphatic rings. The van der Waals surface area contributed by atoms with Crippen LogP contribution in [-0.2, 0) is 0 Å². The third-order valence-electron chi connectivity index (χ3n) is 2.41. The highest BCUT2D eigenvalue weighted by atomic mass is 32.1. The Morgan fingerprint density at radius 3 is 2.42 bits per heavy atom. The summed E-state index contributed by atoms with van der Waals surface area (Å²) in [6, 6.07) is 14.3. The van der Waals surface area contributed by atoms with Gasteiger partial charge < -0.3 is 10.3 Å². The van der Waals surface area contributed by atoms with Gasteiger partial charge in [-0.3, -0.25) is 4.98 Å². The Labute approximate surface area is 115 Å². The third-order valence-corrected chi connectivity index (χ3v) is 2.74. The highest BCUT2D eigenvalue weighted by Gasteiger charge is 1.96. The van der Waals surface area contributed by atoms with E-state index >= 15 is 0 Å². The van der Waals surface area contributed by atoms with Crippen molar-refractivity contribution in [3.63, 3.8) is 0 Å². The second-order valence-corrected chi connectivity index (χ2v) is 4.15. The Bertz CT molecular complexity index is 735. The number of para-hydroxylation sites is 1. The Morgan fingerprint density at radius 1 is 1.00 bits per heavy atom. The summed E-state index contributed by atoms with van der Waals surface area (Å²) in [5.41, 5.74) is 0.662. The first-order chi connectivity index (χ1) is 9.18. The molecule has 1 aromatic carbocycles. The Morgan fingerprint density at radius 2 is 1.79 bits per heavy atom. The van der Waals surface area contributed by atoms with Crippen molar-refractivity contribution in [2.45, 2.75) is 0 Å². The van der Waals surface area contributed by atoms with Crippen molar-refractivity contribution in [2.75, 3.05) is 0 Å². The summed E-state index contributed by atoms with van der Waals surface area (Å²) in [6.07, 6.45) is 3.16. The predicted molar refractivity (Wildman–Crippen MR) is 75.9 cm³/mol. The van der Waals surface area contributed by atoms with E-state index in [0.717, 1.165) is 10.1 Å². The minimum atomic E-state index is 0.239. The van der Waals surface area contributed by atoms with Gasteiger partial charge in [-0.05, 0) is 24.3 Å². The molecule has 4 nitrogen and oxygen atoms in total. The third kappa shape index (κ3) is 3.29. The van der Waals surface area contributed by atoms with Crippen LogP contribution in [0.15, 0.2) is 60.9 Å². The van der Waals surface area contributed by atoms with Crippen LogP contribution in [0.3, 0.4) is 0 Å². The standard InChI is InChI=1S/C9H7NO.C5H5NOS/c11-8-5-1-3-7-4-2-6-10-9(7)8;7-6-4-2-1-3-5(6)8/h1-6,11H;1-4,7H. The van der Waals surface area contributed by atoms with Crippen molar-refractivity contribution in [1.82, 2.24) is 9.71 Å². The predicted octanol–water partition coefficient (Wildman–Crippen LogP) is 3.40. The smallest absolute Gasteiger partial charge is 0.142 e. The SMILES string of the molecule is Oc1cccc2cccnc12.On1ccccc1=S. The van der Waals surface area contributed by atoms with Gasteiger partial charge in [0.1, 0.15) is 15.9 Å². The Balaban J connectivity index is 0.000000148. The number of phenols is 1. The van der Waals surface area contributed by atoms with Crippen LogP contribution < -0.4 is 0 Å². The molecule has 0 unspecified atom stereocenters. The van der Waals surface area contributed by atoms with Gasteiger partial charge >= 0.3 is 0 Å². The molecule has 0 aliphatic heterocycles. The van der Waals surface area contributed by atoms with Crippen molar-refractivity contribution in [3.8, 4) is 5.75 Å². The summed E-state index contributed by atoms with van der Waals surface area (Å²) in [5.74, 6) is 0.239. The van der Waals surface area contributed by atoms with E-state index in [2.05, 4.69) is 17.2 Å². The van der Waals surface area contributed by atoms with Crippen LogP contribution in [0.1, 0.15) is 0 Å². The van der Waals surface area contributed by atoms with Crippen LogP contribution in [0, 0.1) is 4.64 Å². The van der Waals surface area contributed by atoms with Crippen LogP contribution in [0.2, 0.25) is 0 Å². The fourth-order valence-electron chi connectivity index (χ4n) is 1.51. The van der Waals surface area contributed by atoms with Gasteiger partial charge in [0, 0.05) is 17.8 Å². The van der Waals surface area contributed by atoms with E-state index in [1.54, 1.807) is 36.5 Å². The van der Waals surface area contributed by atoms with Gasteiger partial charge in [0.05, 0.1) is 0 Å². The Kier molecular flexibility index (Phi) is 4.10. The molecule has 3 rings (SSSR count). The average molecular weight is 272 g/mol. The molecule has 5 heteroatoms. The molecule has 2 N–H and O–H groups in total. The molecule has 3 aromatic rings. The molecular formula is C14H12N2O2S. The first-order valence-electron chi connectivity index (χ1n) is 5.58. The number of aromatic hydroxyl groups is 1. The van der Waals surface area contributed by atoms with Gasteiger partial charge in [-0.2, -0.15) is 4.73 Å². The zero-order valence-corrected chi connectivity index (χ0v) is 10.8. The van der Waals surface area contributed by atoms with Crippen LogP contribution in [0.5, 0.6) is 5.75 Å². The first-order valence-corrected chi connectivity index (χ1v) is 5.99. The van der Waals surface area contributed by atoms with Crippen molar-refractivity contribution in [1.29, 1.82) is 0 Å². The number of hydrogen-bond donors (Lipinski definition) is 2. The summed E-state index contributed by atoms with van der Waals surface area (Å²) in [5, 5.41) is 19.0. The number of hydrogen-bond acceptors (Lipinski definition) is 4. The second-order valence-electron chi connectivity index (χ2n) is 3.74. The van der Waals surface area contributed by atoms with Gasteiger partial charge in [0.2, 0.25) is 0 Å². The van der Waals surface area contributed by atoms with E-state index in [4.69, 9.17) is 5.21 Å². The van der Waals surface area contributed by atoms with Gasteiger partial charge in [-0.1, -0.05) is 36.5 Å². The van der Waals surface area contributed by atoms with E-state index in [0.29, 0.717) is 10.2 Å². The van der Waals surface area contributed by atoms with E-state index in [1.807, 2.05) is 18.2 Å². The molecule has 0 saturated carbocycles. The molecule has 2 heterocycles. The van der Waals surface area contributed by atoms with Crippen molar-refractivity contribution in [2.24, 2.45) is 0 Å². The number of rotatable bonds is 0. The van der Waals surface area contributed by atoms with Crippen LogP contribution in [0.4, 0.5) is 0 Å². The number of pyridine rings is 2. The molecule has 0 fully saturated rings. The van der Waals surface area contributed by atoms with E-state index in [-0.39, 0.29) is 5.75 Å². The summed E-state index contributed by atoms with van der Waals surface area (Å²) in [4.78, 5) is 4.03. The quantitative estimate of drug-likeness (QED) is 0.486. The summed E-state index contributed by atoms with van der Waals surface area (Å²) < 4.78 is 1.32. The topological polar surface area (TPSA) is 58.3 Å². The lowest BCUT2D eigenvalue weighted by Crippen LogP contribution is -1.89. The molecule has 0 aliphatic carbocycles. The molecule has 96 valence electrons. The molecule has 2 aromatic heterocycles. The molecule has 0 radical (unpaired) electrons. The van der Waals surface area contributed by atoms with E-state index in [1.165, 1.54) is 6.20 Å². The largest absolute Gasteiger partial charge is 0.506 e. The first kappa shape index (κ1) is 13.0. The van der Waals surface area contributed by atoms with Crippen molar-refractivity contribution >= 4 is 23.1 Å². The zero-order valence-electron chi connectivity index (χ0n) is 9.97. The van der Waals surface area contributed by atoms with Gasteiger partial charge in [0.25, 0.3) is 0 Å². The fourth-order valence-corrected chi connectivity index (χ4v) is 1.65. The normalized spacial score (nSPS) is 9.68. The molecule has 19 heavy (non-hydrogen) atoms. The molecule has 0 bridgehead atoms. The molecule has 0 amide bonds. The van der Waals surface area contributed by atoms with Gasteiger partial charge in [-0.25, -0.2) is 0 Å².